The molecule has 19 heteroatoms. The summed E-state index contributed by atoms with van der Waals surface area (Å²) in [7, 11) is -2.60. The Labute approximate surface area is 395 Å². The summed E-state index contributed by atoms with van der Waals surface area (Å²) in [5, 5.41) is 41.4. The van der Waals surface area contributed by atoms with E-state index in [2.05, 4.69) is 15.2 Å². The second-order valence-corrected chi connectivity index (χ2v) is 19.7. The van der Waals surface area contributed by atoms with Gasteiger partial charge in [0, 0.05) is 87.4 Å². The number of ketones is 3. The summed E-state index contributed by atoms with van der Waals surface area (Å²) in [4.78, 5) is 74.6. The number of carbonyl (C=O) groups is 5. The van der Waals surface area contributed by atoms with E-state index in [1.807, 2.05) is 6.92 Å². The Bertz CT molecular complexity index is 2640. The summed E-state index contributed by atoms with van der Waals surface area (Å²) in [6, 6.07) is 6.22. The highest BCUT2D eigenvalue weighted by molar-refractivity contribution is 7.89. The maximum Gasteiger partial charge on any atom is 0.312 e. The monoisotopic (exact) mass is 960 g/mol. The van der Waals surface area contributed by atoms with Crippen LogP contribution in [0.1, 0.15) is 104 Å². The molecular formula is C49H60N4O14S. The number of ether oxygens (including phenoxy) is 4. The number of fused-ring (bicyclic) bond motifs is 14. The van der Waals surface area contributed by atoms with Crippen molar-refractivity contribution in [3.05, 3.63) is 99.6 Å². The molecule has 5 aliphatic rings. The Morgan fingerprint density at radius 2 is 1.56 bits per heavy atom. The molecule has 0 aromatic heterocycles. The van der Waals surface area contributed by atoms with Gasteiger partial charge in [0.15, 0.2) is 0 Å². The van der Waals surface area contributed by atoms with Gasteiger partial charge in [-0.1, -0.05) is 63.6 Å². The van der Waals surface area contributed by atoms with E-state index in [9.17, 15) is 42.9 Å². The van der Waals surface area contributed by atoms with Crippen molar-refractivity contribution in [3.63, 3.8) is 0 Å². The van der Waals surface area contributed by atoms with Crippen LogP contribution in [0.4, 0.5) is 0 Å². The maximum absolute atomic E-state index is 15.1. The predicted octanol–water partition coefficient (Wildman–Crippen LogP) is 4.70. The number of nitrogens with one attached hydrogen (secondary N) is 2. The van der Waals surface area contributed by atoms with Crippen LogP contribution in [-0.4, -0.2) is 114 Å². The van der Waals surface area contributed by atoms with Crippen LogP contribution in [0, 0.1) is 37.5 Å². The fourth-order valence-corrected chi connectivity index (χ4v) is 9.82. The number of rotatable bonds is 6. The summed E-state index contributed by atoms with van der Waals surface area (Å²) in [6.07, 6.45) is 3.37. The van der Waals surface area contributed by atoms with Crippen LogP contribution in [0.5, 0.6) is 11.5 Å². The Kier molecular flexibility index (Phi) is 15.2. The highest BCUT2D eigenvalue weighted by atomic mass is 32.2. The molecule has 0 radical (unpaired) electrons. The van der Waals surface area contributed by atoms with Gasteiger partial charge >= 0.3 is 11.8 Å². The standard InChI is InChI=1S/C49H60N4O14S/c1-24-14-16-33(17-15-24)68(62,63)52-51-32-18-21-53(22-19-32)39-38-43(58)36-35(44(39)59)37-46(30(7)42(36)57)67-49(9,47(37)60)65-23-20-34(64-10)27(4)45(66-31(8)54)29(6)41(56)28(5)40(55)25(2)12-11-13-26(3)48(61)50-38/h11-17,20,23,25,27-29,34,40-41,45,52,55-57H,18-19,21-22H2,1-10H3,(H,50,61)/b12-11+,23-20+,26-13-/t25-,27-,28-,29-,34+,40+,41+,45+,49+/m1/s1. The number of hydrazone groups is 1. The highest BCUT2D eigenvalue weighted by Crippen LogP contribution is 2.49. The molecule has 366 valence electrons. The smallest absolute Gasteiger partial charge is 0.312 e. The lowest BCUT2D eigenvalue weighted by Crippen LogP contribution is -2.46. The minimum Gasteiger partial charge on any atom is -0.507 e. The van der Waals surface area contributed by atoms with E-state index in [0.29, 0.717) is 5.71 Å². The number of piperidine rings is 1. The fourth-order valence-electron chi connectivity index (χ4n) is 8.97. The van der Waals surface area contributed by atoms with Crippen molar-refractivity contribution in [2.75, 3.05) is 20.2 Å². The minimum absolute atomic E-state index is 0.0155. The molecule has 68 heavy (non-hydrogen) atoms. The van der Waals surface area contributed by atoms with Crippen LogP contribution in [0.15, 0.2) is 81.8 Å². The number of likely N-dealkylation sites (tertiary alicyclic amines) is 1. The number of methoxy groups -OCH3 is 1. The van der Waals surface area contributed by atoms with Gasteiger partial charge in [0.25, 0.3) is 21.7 Å². The number of aromatic hydroxyl groups is 1. The van der Waals surface area contributed by atoms with Crippen molar-refractivity contribution < 1.29 is 66.7 Å². The number of sulfonamides is 1. The SMILES string of the molecule is CO[C@H]1/C=C/O[C@@]2(C)Oc3c(C)c(O)c4c(c3C2=O)C(=O)C(N2CCC(=NNS(=O)(=O)c3ccc(C)cc3)CC2)=C(NC(=O)/C(C)=C\C=C\[C@@H](C)[C@H](O)[C@@H](C)[C@H](O)[C@@H](C)[C@@H](OC(C)=O)[C@@H]1C)C4=O. The molecule has 0 spiro atoms. The van der Waals surface area contributed by atoms with E-state index in [-0.39, 0.29) is 59.0 Å². The lowest BCUT2D eigenvalue weighted by molar-refractivity contribution is -0.160. The van der Waals surface area contributed by atoms with Crippen LogP contribution in [0.3, 0.4) is 0 Å². The number of carbonyl (C=O) groups excluding carboxylic acids is 5. The van der Waals surface area contributed by atoms with Gasteiger partial charge in [-0.3, -0.25) is 24.0 Å². The van der Waals surface area contributed by atoms with E-state index < -0.39 is 116 Å². The van der Waals surface area contributed by atoms with Crippen LogP contribution < -0.4 is 14.9 Å². The van der Waals surface area contributed by atoms with Gasteiger partial charge in [-0.05, 0) is 39.0 Å². The van der Waals surface area contributed by atoms with Gasteiger partial charge in [-0.2, -0.15) is 13.5 Å². The molecule has 2 aromatic rings. The summed E-state index contributed by atoms with van der Waals surface area (Å²) in [6.45, 7) is 14.1. The van der Waals surface area contributed by atoms with Gasteiger partial charge in [0.2, 0.25) is 11.6 Å². The number of allylic oxidation sites excluding steroid dienone is 4. The number of aryl methyl sites for hydroxylation is 1. The van der Waals surface area contributed by atoms with Crippen molar-refractivity contribution in [1.29, 1.82) is 0 Å². The number of nitrogens with zero attached hydrogens (tertiary/aromatic N) is 2. The first-order chi connectivity index (χ1) is 31.9. The Morgan fingerprint density at radius 3 is 2.18 bits per heavy atom. The molecule has 5 bridgehead atoms. The number of phenols is 1. The second kappa shape index (κ2) is 20.2. The third-order valence-electron chi connectivity index (χ3n) is 13.2. The molecule has 1 fully saturated rings. The molecule has 4 aliphatic heterocycles. The Balaban J connectivity index is 1.43. The second-order valence-electron chi connectivity index (χ2n) is 18.1. The summed E-state index contributed by atoms with van der Waals surface area (Å²) >= 11 is 0. The number of aliphatic hydroxyl groups is 2. The van der Waals surface area contributed by atoms with Gasteiger partial charge in [-0.25, -0.2) is 4.83 Å². The average molecular weight is 961 g/mol. The normalized spacial score (nSPS) is 30.1. The first kappa shape index (κ1) is 51.2. The lowest BCUT2D eigenvalue weighted by atomic mass is 9.78. The van der Waals surface area contributed by atoms with Gasteiger partial charge in [0.1, 0.15) is 29.0 Å². The molecule has 5 N–H and O–H groups in total. The topological polar surface area (TPSA) is 257 Å². The van der Waals surface area contributed by atoms with E-state index in [4.69, 9.17) is 18.9 Å². The number of benzene rings is 2. The third-order valence-corrected chi connectivity index (χ3v) is 14.5. The number of Topliss-reactive ketones (excluding diaryl/α,β-unsaturated/α-hetero) is 3. The molecule has 9 atom stereocenters. The highest BCUT2D eigenvalue weighted by Gasteiger charge is 2.53. The van der Waals surface area contributed by atoms with Crippen molar-refractivity contribution >= 4 is 45.0 Å². The molecule has 1 aliphatic carbocycles. The van der Waals surface area contributed by atoms with Crippen molar-refractivity contribution in [2.24, 2.45) is 28.8 Å². The third kappa shape index (κ3) is 10.0. The van der Waals surface area contributed by atoms with Gasteiger partial charge < -0.3 is 44.5 Å². The van der Waals surface area contributed by atoms with Crippen LogP contribution in [0.25, 0.3) is 0 Å². The molecule has 1 saturated heterocycles. The number of esters is 1. The van der Waals surface area contributed by atoms with Crippen LogP contribution >= 0.6 is 0 Å². The molecule has 1 amide bonds. The molecule has 2 aromatic carbocycles. The number of amides is 1. The van der Waals surface area contributed by atoms with Crippen LogP contribution in [0.2, 0.25) is 0 Å². The molecule has 18 nitrogen and oxygen atoms in total. The summed E-state index contributed by atoms with van der Waals surface area (Å²) in [5.74, 6) is -9.81. The number of hydrogen-bond acceptors (Lipinski definition) is 16. The van der Waals surface area contributed by atoms with Gasteiger partial charge in [0.05, 0.1) is 46.2 Å². The Hall–Kier alpha value is -6.15. The average Bonchev–Trinajstić information content (AvgIpc) is 3.57. The summed E-state index contributed by atoms with van der Waals surface area (Å²) in [5.41, 5.74) is -0.712. The molecule has 0 unspecified atom stereocenters. The van der Waals surface area contributed by atoms with E-state index in [1.54, 1.807) is 45.9 Å². The van der Waals surface area contributed by atoms with E-state index in [0.717, 1.165) is 11.8 Å². The molecular weight excluding hydrogens is 901 g/mol. The molecule has 0 saturated carbocycles. The zero-order chi connectivity index (χ0) is 50.2. The first-order valence-corrected chi connectivity index (χ1v) is 23.8. The lowest BCUT2D eigenvalue weighted by Gasteiger charge is -2.38. The minimum atomic E-state index is -4.01. The van der Waals surface area contributed by atoms with Crippen molar-refractivity contribution in [3.8, 4) is 11.5 Å². The predicted molar refractivity (Wildman–Crippen MR) is 248 cm³/mol. The van der Waals surface area contributed by atoms with Gasteiger partial charge in [-0.15, -0.1) is 0 Å². The first-order valence-electron chi connectivity index (χ1n) is 22.4. The quantitative estimate of drug-likeness (QED) is 0.194. The maximum atomic E-state index is 15.1. The van der Waals surface area contributed by atoms with Crippen molar-refractivity contribution in [2.45, 2.75) is 110 Å². The molecule has 7 rings (SSSR count). The summed E-state index contributed by atoms with van der Waals surface area (Å²) < 4.78 is 49.6. The molecule has 4 heterocycles. The van der Waals surface area contributed by atoms with Crippen molar-refractivity contribution in [1.82, 2.24) is 15.0 Å². The largest absolute Gasteiger partial charge is 0.507 e. The fraction of sp³-hybridized carbons (Fsp3) is 0.469. The van der Waals surface area contributed by atoms with Crippen LogP contribution in [-0.2, 0) is 33.8 Å². The zero-order valence-corrected chi connectivity index (χ0v) is 40.6. The Morgan fingerprint density at radius 1 is 0.912 bits per heavy atom. The zero-order valence-electron chi connectivity index (χ0n) is 39.8. The number of aliphatic hydroxyl groups excluding tert-OH is 2. The van der Waals surface area contributed by atoms with E-state index >= 15 is 4.79 Å². The number of phenolic OH excluding ortho intramolecular Hbond substituents is 1. The number of hydrogen-bond donors (Lipinski definition) is 5. The van der Waals surface area contributed by atoms with E-state index in [1.165, 1.54) is 70.1 Å².